The summed E-state index contributed by atoms with van der Waals surface area (Å²) in [4.78, 5) is 44.3. The summed E-state index contributed by atoms with van der Waals surface area (Å²) >= 11 is 0. The quantitative estimate of drug-likeness (QED) is 0.590. The van der Waals surface area contributed by atoms with E-state index in [1.165, 1.54) is 6.33 Å². The average molecular weight is 403 g/mol. The summed E-state index contributed by atoms with van der Waals surface area (Å²) in [5, 5.41) is 4.09. The van der Waals surface area contributed by atoms with Crippen LogP contribution in [0.15, 0.2) is 61.2 Å². The van der Waals surface area contributed by atoms with E-state index in [-0.39, 0.29) is 36.7 Å². The number of imide groups is 1. The number of nitrogens with zero attached hydrogens (tertiary/aromatic N) is 5. The standard InChI is InChI=1S/C22H21N5O3/c1-15(16-7-9-17(10-8-16)27-14-23-13-24-27)25(2)20(28)11-12-26-21(29)18-5-3-4-6-19(18)22(26)30/h3-10,13-15H,11-12H2,1-2H3. The number of hydrogen-bond donors (Lipinski definition) is 0. The van der Waals surface area contributed by atoms with E-state index in [4.69, 9.17) is 0 Å². The third-order valence-corrected chi connectivity index (χ3v) is 5.46. The van der Waals surface area contributed by atoms with Gasteiger partial charge in [-0.25, -0.2) is 9.67 Å². The molecule has 0 saturated heterocycles. The second-order valence-corrected chi connectivity index (χ2v) is 7.17. The molecule has 0 bridgehead atoms. The molecule has 0 N–H and O–H groups in total. The molecule has 1 unspecified atom stereocenters. The van der Waals surface area contributed by atoms with Crippen molar-refractivity contribution in [3.05, 3.63) is 77.9 Å². The van der Waals surface area contributed by atoms with Crippen LogP contribution in [0.5, 0.6) is 0 Å². The molecular weight excluding hydrogens is 382 g/mol. The van der Waals surface area contributed by atoms with Gasteiger partial charge in [-0.15, -0.1) is 0 Å². The van der Waals surface area contributed by atoms with Crippen molar-refractivity contribution in [2.45, 2.75) is 19.4 Å². The second-order valence-electron chi connectivity index (χ2n) is 7.17. The minimum atomic E-state index is -0.345. The molecule has 4 rings (SSSR count). The first-order chi connectivity index (χ1) is 14.5. The van der Waals surface area contributed by atoms with Crippen molar-refractivity contribution in [2.75, 3.05) is 13.6 Å². The van der Waals surface area contributed by atoms with Gasteiger partial charge in [-0.1, -0.05) is 24.3 Å². The normalized spacial score (nSPS) is 14.0. The Balaban J connectivity index is 1.38. The number of fused-ring (bicyclic) bond motifs is 1. The molecule has 1 atom stereocenters. The Kier molecular flexibility index (Phi) is 5.14. The minimum absolute atomic E-state index is 0.0630. The number of rotatable bonds is 6. The molecule has 0 aliphatic carbocycles. The summed E-state index contributed by atoms with van der Waals surface area (Å²) < 4.78 is 1.66. The van der Waals surface area contributed by atoms with Gasteiger partial charge in [0.15, 0.2) is 0 Å². The summed E-state index contributed by atoms with van der Waals surface area (Å²) in [7, 11) is 1.72. The van der Waals surface area contributed by atoms with Crippen molar-refractivity contribution >= 4 is 17.7 Å². The lowest BCUT2D eigenvalue weighted by Crippen LogP contribution is -2.36. The SMILES string of the molecule is CC(c1ccc(-n2cncn2)cc1)N(C)C(=O)CCN1C(=O)c2ccccc2C1=O. The third kappa shape index (κ3) is 3.47. The molecule has 30 heavy (non-hydrogen) atoms. The molecular formula is C22H21N5O3. The fraction of sp³-hybridized carbons (Fsp3) is 0.227. The van der Waals surface area contributed by atoms with Gasteiger partial charge in [0.2, 0.25) is 5.91 Å². The van der Waals surface area contributed by atoms with Crippen molar-refractivity contribution in [1.82, 2.24) is 24.6 Å². The highest BCUT2D eigenvalue weighted by atomic mass is 16.2. The van der Waals surface area contributed by atoms with E-state index in [1.54, 1.807) is 47.2 Å². The molecule has 3 aromatic rings. The predicted molar refractivity (Wildman–Crippen MR) is 109 cm³/mol. The van der Waals surface area contributed by atoms with Crippen molar-refractivity contribution in [1.29, 1.82) is 0 Å². The lowest BCUT2D eigenvalue weighted by Gasteiger charge is -2.26. The highest BCUT2D eigenvalue weighted by Crippen LogP contribution is 2.24. The Hall–Kier alpha value is -3.81. The first-order valence-electron chi connectivity index (χ1n) is 9.63. The molecule has 152 valence electrons. The van der Waals surface area contributed by atoms with E-state index < -0.39 is 0 Å². The Morgan fingerprint density at radius 1 is 1.03 bits per heavy atom. The van der Waals surface area contributed by atoms with Crippen LogP contribution in [-0.4, -0.2) is 55.9 Å². The molecule has 0 radical (unpaired) electrons. The molecule has 0 saturated carbocycles. The van der Waals surface area contributed by atoms with E-state index in [9.17, 15) is 14.4 Å². The smallest absolute Gasteiger partial charge is 0.261 e. The Morgan fingerprint density at radius 2 is 1.67 bits per heavy atom. The van der Waals surface area contributed by atoms with Crippen molar-refractivity contribution in [3.8, 4) is 5.69 Å². The highest BCUT2D eigenvalue weighted by Gasteiger charge is 2.35. The zero-order valence-corrected chi connectivity index (χ0v) is 16.7. The van der Waals surface area contributed by atoms with Gasteiger partial charge < -0.3 is 4.90 Å². The predicted octanol–water partition coefficient (Wildman–Crippen LogP) is 2.47. The minimum Gasteiger partial charge on any atom is -0.339 e. The van der Waals surface area contributed by atoms with Crippen LogP contribution in [0.25, 0.3) is 5.69 Å². The van der Waals surface area contributed by atoms with Gasteiger partial charge in [0, 0.05) is 20.0 Å². The summed E-state index contributed by atoms with van der Waals surface area (Å²) in [6.45, 7) is 2.00. The van der Waals surface area contributed by atoms with Crippen LogP contribution < -0.4 is 0 Å². The number of aromatic nitrogens is 3. The van der Waals surface area contributed by atoms with Crippen LogP contribution in [0, 0.1) is 0 Å². The molecule has 1 aromatic heterocycles. The zero-order valence-electron chi connectivity index (χ0n) is 16.7. The molecule has 2 heterocycles. The largest absolute Gasteiger partial charge is 0.339 e. The summed E-state index contributed by atoms with van der Waals surface area (Å²) in [6, 6.07) is 14.3. The van der Waals surface area contributed by atoms with Crippen LogP contribution in [0.4, 0.5) is 0 Å². The first-order valence-corrected chi connectivity index (χ1v) is 9.63. The zero-order chi connectivity index (χ0) is 21.3. The number of hydrogen-bond acceptors (Lipinski definition) is 5. The number of amides is 3. The lowest BCUT2D eigenvalue weighted by atomic mass is 10.1. The highest BCUT2D eigenvalue weighted by molar-refractivity contribution is 6.21. The van der Waals surface area contributed by atoms with Gasteiger partial charge >= 0.3 is 0 Å². The van der Waals surface area contributed by atoms with Crippen LogP contribution in [0.1, 0.15) is 45.7 Å². The average Bonchev–Trinajstić information content (AvgIpc) is 3.40. The topological polar surface area (TPSA) is 88.4 Å². The maximum atomic E-state index is 12.7. The Morgan fingerprint density at radius 3 is 2.23 bits per heavy atom. The first kappa shape index (κ1) is 19.5. The summed E-state index contributed by atoms with van der Waals surface area (Å²) in [6.07, 6.45) is 3.16. The van der Waals surface area contributed by atoms with Crippen LogP contribution in [0.2, 0.25) is 0 Å². The Bertz CT molecular complexity index is 1060. The lowest BCUT2D eigenvalue weighted by molar-refractivity contribution is -0.131. The van der Waals surface area contributed by atoms with E-state index >= 15 is 0 Å². The van der Waals surface area contributed by atoms with E-state index in [1.807, 2.05) is 31.2 Å². The van der Waals surface area contributed by atoms with Crippen molar-refractivity contribution < 1.29 is 14.4 Å². The summed E-state index contributed by atoms with van der Waals surface area (Å²) in [5.41, 5.74) is 2.63. The number of carbonyl (C=O) groups excluding carboxylic acids is 3. The molecule has 8 heteroatoms. The molecule has 1 aliphatic heterocycles. The van der Waals surface area contributed by atoms with Gasteiger partial charge in [0.25, 0.3) is 11.8 Å². The fourth-order valence-electron chi connectivity index (χ4n) is 3.51. The van der Waals surface area contributed by atoms with Crippen LogP contribution in [-0.2, 0) is 4.79 Å². The van der Waals surface area contributed by atoms with Crippen molar-refractivity contribution in [3.63, 3.8) is 0 Å². The van der Waals surface area contributed by atoms with Gasteiger partial charge in [0.1, 0.15) is 12.7 Å². The molecule has 0 fully saturated rings. The second kappa shape index (κ2) is 7.90. The maximum Gasteiger partial charge on any atom is 0.261 e. The van der Waals surface area contributed by atoms with Crippen LogP contribution >= 0.6 is 0 Å². The van der Waals surface area contributed by atoms with Gasteiger partial charge in [-0.2, -0.15) is 5.10 Å². The molecule has 3 amide bonds. The van der Waals surface area contributed by atoms with E-state index in [0.717, 1.165) is 16.2 Å². The molecule has 0 spiro atoms. The Labute approximate surface area is 173 Å². The number of carbonyl (C=O) groups is 3. The third-order valence-electron chi connectivity index (χ3n) is 5.46. The molecule has 8 nitrogen and oxygen atoms in total. The summed E-state index contributed by atoms with van der Waals surface area (Å²) in [5.74, 6) is -0.829. The molecule has 2 aromatic carbocycles. The van der Waals surface area contributed by atoms with E-state index in [2.05, 4.69) is 10.1 Å². The maximum absolute atomic E-state index is 12.7. The number of benzene rings is 2. The molecule has 1 aliphatic rings. The van der Waals surface area contributed by atoms with Gasteiger partial charge in [-0.3, -0.25) is 19.3 Å². The monoisotopic (exact) mass is 403 g/mol. The van der Waals surface area contributed by atoms with Crippen molar-refractivity contribution in [2.24, 2.45) is 0 Å². The van der Waals surface area contributed by atoms with Gasteiger partial charge in [0.05, 0.1) is 22.9 Å². The van der Waals surface area contributed by atoms with E-state index in [0.29, 0.717) is 11.1 Å². The fourth-order valence-corrected chi connectivity index (χ4v) is 3.51. The van der Waals surface area contributed by atoms with Gasteiger partial charge in [-0.05, 0) is 36.8 Å². The van der Waals surface area contributed by atoms with Crippen LogP contribution in [0.3, 0.4) is 0 Å².